The average molecular weight is 234 g/mol. The maximum Gasteiger partial charge on any atom is 0.145 e. The Hall–Kier alpha value is -1.89. The van der Waals surface area contributed by atoms with Crippen molar-refractivity contribution in [2.24, 2.45) is 0 Å². The topological polar surface area (TPSA) is 54.3 Å². The number of anilines is 1. The lowest BCUT2D eigenvalue weighted by Gasteiger charge is -2.18. The fourth-order valence-electron chi connectivity index (χ4n) is 1.71. The molecule has 0 spiro atoms. The Morgan fingerprint density at radius 3 is 2.35 bits per heavy atom. The van der Waals surface area contributed by atoms with Gasteiger partial charge in [0.15, 0.2) is 0 Å². The molecule has 0 aliphatic carbocycles. The van der Waals surface area contributed by atoms with Gasteiger partial charge < -0.3 is 14.8 Å². The summed E-state index contributed by atoms with van der Waals surface area (Å²) in [5.74, 6) is 1.54. The van der Waals surface area contributed by atoms with Crippen molar-refractivity contribution < 1.29 is 9.47 Å². The van der Waals surface area contributed by atoms with Gasteiger partial charge in [0.05, 0.1) is 26.0 Å². The maximum absolute atomic E-state index is 8.83. The van der Waals surface area contributed by atoms with Crippen LogP contribution in [0.4, 0.5) is 5.69 Å². The summed E-state index contributed by atoms with van der Waals surface area (Å²) < 4.78 is 10.7. The van der Waals surface area contributed by atoms with Gasteiger partial charge in [0.2, 0.25) is 0 Å². The molecule has 0 heterocycles. The molecule has 0 aromatic heterocycles. The van der Waals surface area contributed by atoms with E-state index in [4.69, 9.17) is 14.7 Å². The molecule has 0 fully saturated rings. The minimum absolute atomic E-state index is 0.282. The van der Waals surface area contributed by atoms with Crippen LogP contribution in [-0.2, 0) is 0 Å². The lowest BCUT2D eigenvalue weighted by atomic mass is 10.1. The first-order valence-corrected chi connectivity index (χ1v) is 5.43. The summed E-state index contributed by atoms with van der Waals surface area (Å²) in [4.78, 5) is 0. The largest absolute Gasteiger partial charge is 0.496 e. The van der Waals surface area contributed by atoms with Crippen molar-refractivity contribution in [1.82, 2.24) is 0 Å². The van der Waals surface area contributed by atoms with Gasteiger partial charge >= 0.3 is 0 Å². The molecule has 0 aliphatic heterocycles. The minimum Gasteiger partial charge on any atom is -0.496 e. The summed E-state index contributed by atoms with van der Waals surface area (Å²) in [5.41, 5.74) is 2.83. The average Bonchev–Trinajstić information content (AvgIpc) is 2.33. The monoisotopic (exact) mass is 234 g/mol. The summed E-state index contributed by atoms with van der Waals surface area (Å²) in [6, 6.07) is 3.70. The highest BCUT2D eigenvalue weighted by Gasteiger charge is 2.14. The van der Waals surface area contributed by atoms with Crippen LogP contribution in [0, 0.1) is 25.2 Å². The number of nitrogens with one attached hydrogen (secondary N) is 1. The molecule has 4 heteroatoms. The molecule has 4 nitrogen and oxygen atoms in total. The van der Waals surface area contributed by atoms with E-state index in [0.717, 1.165) is 28.3 Å². The van der Waals surface area contributed by atoms with Crippen LogP contribution in [0.5, 0.6) is 11.5 Å². The Morgan fingerprint density at radius 1 is 1.24 bits per heavy atom. The molecule has 0 saturated heterocycles. The summed E-state index contributed by atoms with van der Waals surface area (Å²) in [6.45, 7) is 5.74. The van der Waals surface area contributed by atoms with Crippen molar-refractivity contribution in [1.29, 1.82) is 5.26 Å². The lowest BCUT2D eigenvalue weighted by Crippen LogP contribution is -2.13. The minimum atomic E-state index is -0.282. The van der Waals surface area contributed by atoms with Crippen LogP contribution >= 0.6 is 0 Å². The quantitative estimate of drug-likeness (QED) is 0.870. The van der Waals surface area contributed by atoms with E-state index < -0.39 is 0 Å². The Bertz CT molecular complexity index is 450. The zero-order valence-corrected chi connectivity index (χ0v) is 10.9. The normalized spacial score (nSPS) is 11.5. The maximum atomic E-state index is 8.83. The van der Waals surface area contributed by atoms with Crippen molar-refractivity contribution in [3.63, 3.8) is 0 Å². The fraction of sp³-hybridized carbons (Fsp3) is 0.462. The van der Waals surface area contributed by atoms with Crippen LogP contribution in [0.1, 0.15) is 18.1 Å². The van der Waals surface area contributed by atoms with Gasteiger partial charge in [-0.3, -0.25) is 0 Å². The third-order valence-electron chi connectivity index (χ3n) is 2.78. The number of benzene rings is 1. The summed E-state index contributed by atoms with van der Waals surface area (Å²) in [5, 5.41) is 11.9. The van der Waals surface area contributed by atoms with Gasteiger partial charge in [0, 0.05) is 6.07 Å². The van der Waals surface area contributed by atoms with E-state index in [0.29, 0.717) is 0 Å². The van der Waals surface area contributed by atoms with Crippen molar-refractivity contribution in [2.75, 3.05) is 19.5 Å². The molecule has 92 valence electrons. The number of ether oxygens (including phenoxy) is 2. The van der Waals surface area contributed by atoms with E-state index >= 15 is 0 Å². The number of hydrogen-bond acceptors (Lipinski definition) is 4. The highest BCUT2D eigenvalue weighted by molar-refractivity contribution is 5.67. The molecule has 1 rings (SSSR count). The molecule has 1 aromatic rings. The first kappa shape index (κ1) is 13.2. The van der Waals surface area contributed by atoms with Crippen molar-refractivity contribution in [3.8, 4) is 17.6 Å². The second-order valence-electron chi connectivity index (χ2n) is 3.90. The second kappa shape index (κ2) is 5.44. The standard InChI is InChI=1S/C13H18N2O2/c1-8(7-14)15-11-6-12(16-4)9(2)10(3)13(11)17-5/h6,8,15H,1-5H3. The highest BCUT2D eigenvalue weighted by Crippen LogP contribution is 2.37. The molecule has 1 atom stereocenters. The smallest absolute Gasteiger partial charge is 0.145 e. The lowest BCUT2D eigenvalue weighted by molar-refractivity contribution is 0.399. The molecule has 17 heavy (non-hydrogen) atoms. The molecule has 1 unspecified atom stereocenters. The number of rotatable bonds is 4. The number of methoxy groups -OCH3 is 2. The van der Waals surface area contributed by atoms with Gasteiger partial charge in [-0.25, -0.2) is 0 Å². The van der Waals surface area contributed by atoms with Crippen LogP contribution in [0.25, 0.3) is 0 Å². The first-order chi connectivity index (χ1) is 8.04. The van der Waals surface area contributed by atoms with E-state index in [1.807, 2.05) is 19.9 Å². The summed E-state index contributed by atoms with van der Waals surface area (Å²) in [6.07, 6.45) is 0. The Labute approximate surface area is 102 Å². The third kappa shape index (κ3) is 2.62. The molecule has 0 aliphatic rings. The number of nitriles is 1. The first-order valence-electron chi connectivity index (χ1n) is 5.43. The van der Waals surface area contributed by atoms with E-state index in [-0.39, 0.29) is 6.04 Å². The Kier molecular flexibility index (Phi) is 4.22. The predicted octanol–water partition coefficient (Wildman–Crippen LogP) is 2.64. The van der Waals surface area contributed by atoms with Crippen LogP contribution in [0.2, 0.25) is 0 Å². The zero-order valence-electron chi connectivity index (χ0n) is 10.9. The zero-order chi connectivity index (χ0) is 13.0. The third-order valence-corrected chi connectivity index (χ3v) is 2.78. The summed E-state index contributed by atoms with van der Waals surface area (Å²) in [7, 11) is 3.25. The molecule has 1 aromatic carbocycles. The van der Waals surface area contributed by atoms with Gasteiger partial charge in [-0.15, -0.1) is 0 Å². The summed E-state index contributed by atoms with van der Waals surface area (Å²) >= 11 is 0. The SMILES string of the molecule is COc1cc(NC(C)C#N)c(OC)c(C)c1C. The van der Waals surface area contributed by atoms with Crippen molar-refractivity contribution >= 4 is 5.69 Å². The Morgan fingerprint density at radius 2 is 1.88 bits per heavy atom. The van der Waals surface area contributed by atoms with Crippen molar-refractivity contribution in [2.45, 2.75) is 26.8 Å². The fourth-order valence-corrected chi connectivity index (χ4v) is 1.71. The molecule has 0 saturated carbocycles. The van der Waals surface area contributed by atoms with E-state index in [9.17, 15) is 0 Å². The molecule has 0 amide bonds. The predicted molar refractivity (Wildman–Crippen MR) is 67.7 cm³/mol. The second-order valence-corrected chi connectivity index (χ2v) is 3.90. The van der Waals surface area contributed by atoms with Crippen LogP contribution < -0.4 is 14.8 Å². The Balaban J connectivity index is 3.28. The van der Waals surface area contributed by atoms with Gasteiger partial charge in [0.25, 0.3) is 0 Å². The number of nitrogens with zero attached hydrogens (tertiary/aromatic N) is 1. The van der Waals surface area contributed by atoms with E-state index in [1.54, 1.807) is 21.1 Å². The molecular weight excluding hydrogens is 216 g/mol. The van der Waals surface area contributed by atoms with Crippen LogP contribution in [0.15, 0.2) is 6.07 Å². The van der Waals surface area contributed by atoms with Gasteiger partial charge in [-0.2, -0.15) is 5.26 Å². The van der Waals surface area contributed by atoms with Crippen LogP contribution in [0.3, 0.4) is 0 Å². The number of hydrogen-bond donors (Lipinski definition) is 1. The van der Waals surface area contributed by atoms with Gasteiger partial charge in [-0.1, -0.05) is 0 Å². The molecule has 1 N–H and O–H groups in total. The van der Waals surface area contributed by atoms with Crippen LogP contribution in [-0.4, -0.2) is 20.3 Å². The molecule has 0 bridgehead atoms. The van der Waals surface area contributed by atoms with E-state index in [1.165, 1.54) is 0 Å². The molecule has 0 radical (unpaired) electrons. The van der Waals surface area contributed by atoms with Gasteiger partial charge in [-0.05, 0) is 31.9 Å². The highest BCUT2D eigenvalue weighted by atomic mass is 16.5. The van der Waals surface area contributed by atoms with Crippen molar-refractivity contribution in [3.05, 3.63) is 17.2 Å². The van der Waals surface area contributed by atoms with E-state index in [2.05, 4.69) is 11.4 Å². The van der Waals surface area contributed by atoms with Gasteiger partial charge in [0.1, 0.15) is 17.5 Å². The molecular formula is C13H18N2O2.